The van der Waals surface area contributed by atoms with E-state index in [0.29, 0.717) is 12.0 Å². The smallest absolute Gasteiger partial charge is 0.0626 e. The molecule has 1 saturated carbocycles. The molecule has 0 bridgehead atoms. The lowest BCUT2D eigenvalue weighted by molar-refractivity contribution is 0.196. The second kappa shape index (κ2) is 9.00. The van der Waals surface area contributed by atoms with Crippen molar-refractivity contribution in [3.8, 4) is 0 Å². The van der Waals surface area contributed by atoms with Crippen LogP contribution in [0, 0.1) is 5.92 Å². The molecule has 0 radical (unpaired) electrons. The highest BCUT2D eigenvalue weighted by atomic mass is 16.3. The average Bonchev–Trinajstić information content (AvgIpc) is 2.67. The maximum absolute atomic E-state index is 9.93. The summed E-state index contributed by atoms with van der Waals surface area (Å²) in [4.78, 5) is 0. The van der Waals surface area contributed by atoms with Gasteiger partial charge in [-0.15, -0.1) is 0 Å². The Morgan fingerprint density at radius 2 is 1.50 bits per heavy atom. The van der Waals surface area contributed by atoms with Gasteiger partial charge in [0.1, 0.15) is 0 Å². The molecular weight excluding hydrogens is 294 g/mol. The zero-order valence-corrected chi connectivity index (χ0v) is 14.4. The van der Waals surface area contributed by atoms with Gasteiger partial charge in [0, 0.05) is 6.04 Å². The van der Waals surface area contributed by atoms with E-state index >= 15 is 0 Å². The largest absolute Gasteiger partial charge is 0.394 e. The van der Waals surface area contributed by atoms with Crippen molar-refractivity contribution in [2.75, 3.05) is 6.61 Å². The number of aliphatic hydroxyl groups is 1. The van der Waals surface area contributed by atoms with E-state index in [0.717, 1.165) is 6.42 Å². The predicted octanol–water partition coefficient (Wildman–Crippen LogP) is 4.50. The SMILES string of the molecule is OC[C@H](N[C@H](Cc1ccccc1)C1CCCCC1)c1ccccc1. The van der Waals surface area contributed by atoms with Crippen molar-refractivity contribution >= 4 is 0 Å². The highest BCUT2D eigenvalue weighted by molar-refractivity contribution is 5.20. The van der Waals surface area contributed by atoms with Gasteiger partial charge in [-0.1, -0.05) is 79.9 Å². The zero-order valence-electron chi connectivity index (χ0n) is 14.4. The summed E-state index contributed by atoms with van der Waals surface area (Å²) in [5.74, 6) is 0.705. The first-order valence-electron chi connectivity index (χ1n) is 9.32. The molecule has 2 nitrogen and oxygen atoms in total. The molecule has 0 saturated heterocycles. The van der Waals surface area contributed by atoms with Crippen molar-refractivity contribution < 1.29 is 5.11 Å². The van der Waals surface area contributed by atoms with Crippen LogP contribution in [0.4, 0.5) is 0 Å². The summed E-state index contributed by atoms with van der Waals surface area (Å²) in [6, 6.07) is 21.5. The van der Waals surface area contributed by atoms with E-state index in [2.05, 4.69) is 47.8 Å². The quantitative estimate of drug-likeness (QED) is 0.786. The summed E-state index contributed by atoms with van der Waals surface area (Å²) in [5.41, 5.74) is 2.55. The van der Waals surface area contributed by atoms with Crippen LogP contribution < -0.4 is 5.32 Å². The third-order valence-corrected chi connectivity index (χ3v) is 5.32. The Morgan fingerprint density at radius 1 is 0.875 bits per heavy atom. The van der Waals surface area contributed by atoms with E-state index < -0.39 is 0 Å². The van der Waals surface area contributed by atoms with E-state index in [1.807, 2.05) is 18.2 Å². The topological polar surface area (TPSA) is 32.3 Å². The van der Waals surface area contributed by atoms with Crippen LogP contribution in [0.25, 0.3) is 0 Å². The molecular formula is C22H29NO. The van der Waals surface area contributed by atoms with Gasteiger partial charge in [-0.2, -0.15) is 0 Å². The summed E-state index contributed by atoms with van der Waals surface area (Å²) >= 11 is 0. The second-order valence-corrected chi connectivity index (χ2v) is 7.01. The average molecular weight is 323 g/mol. The minimum absolute atomic E-state index is 0.0156. The Bertz CT molecular complexity index is 577. The third-order valence-electron chi connectivity index (χ3n) is 5.32. The van der Waals surface area contributed by atoms with Crippen molar-refractivity contribution in [3.05, 3.63) is 71.8 Å². The molecule has 0 unspecified atom stereocenters. The van der Waals surface area contributed by atoms with E-state index in [9.17, 15) is 5.11 Å². The lowest BCUT2D eigenvalue weighted by atomic mass is 9.81. The molecule has 2 aromatic rings. The van der Waals surface area contributed by atoms with Gasteiger partial charge in [-0.3, -0.25) is 0 Å². The van der Waals surface area contributed by atoms with Crippen molar-refractivity contribution in [1.29, 1.82) is 0 Å². The van der Waals surface area contributed by atoms with Crippen molar-refractivity contribution in [2.45, 2.75) is 50.6 Å². The first-order chi connectivity index (χ1) is 11.9. The van der Waals surface area contributed by atoms with Gasteiger partial charge >= 0.3 is 0 Å². The van der Waals surface area contributed by atoms with Gasteiger partial charge in [0.15, 0.2) is 0 Å². The Balaban J connectivity index is 1.75. The number of aliphatic hydroxyl groups excluding tert-OH is 1. The number of rotatable bonds is 7. The highest BCUT2D eigenvalue weighted by Crippen LogP contribution is 2.29. The summed E-state index contributed by atoms with van der Waals surface area (Å²) in [5, 5.41) is 13.7. The summed E-state index contributed by atoms with van der Waals surface area (Å²) < 4.78 is 0. The normalized spacial score (nSPS) is 18.2. The second-order valence-electron chi connectivity index (χ2n) is 7.01. The number of benzene rings is 2. The molecule has 24 heavy (non-hydrogen) atoms. The molecule has 1 aliphatic carbocycles. The minimum atomic E-state index is 0.0156. The number of hydrogen-bond donors (Lipinski definition) is 2. The monoisotopic (exact) mass is 323 g/mol. The molecule has 3 rings (SSSR count). The minimum Gasteiger partial charge on any atom is -0.394 e. The molecule has 0 spiro atoms. The molecule has 2 atom stereocenters. The highest BCUT2D eigenvalue weighted by Gasteiger charge is 2.26. The molecule has 2 N–H and O–H groups in total. The van der Waals surface area contributed by atoms with Crippen LogP contribution in [0.5, 0.6) is 0 Å². The van der Waals surface area contributed by atoms with E-state index in [1.165, 1.54) is 43.2 Å². The van der Waals surface area contributed by atoms with Crippen LogP contribution in [0.2, 0.25) is 0 Å². The van der Waals surface area contributed by atoms with Crippen LogP contribution in [-0.4, -0.2) is 17.8 Å². The molecule has 0 amide bonds. The molecule has 0 aliphatic heterocycles. The fourth-order valence-corrected chi connectivity index (χ4v) is 3.96. The first-order valence-corrected chi connectivity index (χ1v) is 9.32. The van der Waals surface area contributed by atoms with Crippen molar-refractivity contribution in [2.24, 2.45) is 5.92 Å². The van der Waals surface area contributed by atoms with Crippen LogP contribution in [-0.2, 0) is 6.42 Å². The van der Waals surface area contributed by atoms with Gasteiger partial charge < -0.3 is 10.4 Å². The lowest BCUT2D eigenvalue weighted by Crippen LogP contribution is -2.42. The summed E-state index contributed by atoms with van der Waals surface area (Å²) in [7, 11) is 0. The van der Waals surface area contributed by atoms with Gasteiger partial charge in [-0.05, 0) is 36.3 Å². The Labute approximate surface area is 145 Å². The van der Waals surface area contributed by atoms with Crippen molar-refractivity contribution in [1.82, 2.24) is 5.32 Å². The van der Waals surface area contributed by atoms with E-state index in [4.69, 9.17) is 0 Å². The third kappa shape index (κ3) is 4.68. The van der Waals surface area contributed by atoms with Gasteiger partial charge in [0.2, 0.25) is 0 Å². The number of hydrogen-bond acceptors (Lipinski definition) is 2. The molecule has 1 fully saturated rings. The van der Waals surface area contributed by atoms with Crippen LogP contribution in [0.3, 0.4) is 0 Å². The molecule has 0 aromatic heterocycles. The maximum atomic E-state index is 9.93. The van der Waals surface area contributed by atoms with Gasteiger partial charge in [0.05, 0.1) is 12.6 Å². The summed E-state index contributed by atoms with van der Waals surface area (Å²) in [6.07, 6.45) is 7.69. The van der Waals surface area contributed by atoms with E-state index in [-0.39, 0.29) is 12.6 Å². The van der Waals surface area contributed by atoms with E-state index in [1.54, 1.807) is 0 Å². The Kier molecular flexibility index (Phi) is 6.45. The molecule has 2 aromatic carbocycles. The van der Waals surface area contributed by atoms with Crippen molar-refractivity contribution in [3.63, 3.8) is 0 Å². The fraction of sp³-hybridized carbons (Fsp3) is 0.455. The number of nitrogens with one attached hydrogen (secondary N) is 1. The molecule has 1 aliphatic rings. The molecule has 128 valence electrons. The molecule has 0 heterocycles. The lowest BCUT2D eigenvalue weighted by Gasteiger charge is -2.34. The van der Waals surface area contributed by atoms with Gasteiger partial charge in [0.25, 0.3) is 0 Å². The predicted molar refractivity (Wildman–Crippen MR) is 99.9 cm³/mol. The van der Waals surface area contributed by atoms with Crippen LogP contribution in [0.15, 0.2) is 60.7 Å². The molecule has 2 heteroatoms. The first kappa shape index (κ1) is 17.2. The summed E-state index contributed by atoms with van der Waals surface area (Å²) in [6.45, 7) is 0.141. The van der Waals surface area contributed by atoms with Gasteiger partial charge in [-0.25, -0.2) is 0 Å². The fourth-order valence-electron chi connectivity index (χ4n) is 3.96. The van der Waals surface area contributed by atoms with Crippen LogP contribution in [0.1, 0.15) is 49.3 Å². The Morgan fingerprint density at radius 3 is 2.12 bits per heavy atom. The Hall–Kier alpha value is -1.64. The zero-order chi connectivity index (χ0) is 16.6. The maximum Gasteiger partial charge on any atom is 0.0626 e. The standard InChI is InChI=1S/C22H29NO/c24-17-22(20-14-8-3-9-15-20)23-21(19-12-6-2-7-13-19)16-18-10-4-1-5-11-18/h1,3-5,8-11,14-15,19,21-24H,2,6-7,12-13,16-17H2/t21-,22+/m1/s1. The van der Waals surface area contributed by atoms with Crippen LogP contribution >= 0.6 is 0 Å².